The Kier molecular flexibility index (Phi) is 2.33. The Bertz CT molecular complexity index is 54.9. The molecule has 0 N–H and O–H groups in total. The lowest BCUT2D eigenvalue weighted by Crippen LogP contribution is -2.09. The molecule has 0 aromatic carbocycles. The lowest BCUT2D eigenvalue weighted by molar-refractivity contribution is 0.266. The second-order valence-corrected chi connectivity index (χ2v) is 2.29. The van der Waals surface area contributed by atoms with Crippen molar-refractivity contribution < 1.29 is 9.05 Å². The molecule has 0 radical (unpaired) electrons. The van der Waals surface area contributed by atoms with Gasteiger partial charge in [0.15, 0.2) is 9.03 Å². The van der Waals surface area contributed by atoms with E-state index in [9.17, 15) is 0 Å². The second kappa shape index (κ2) is 2.83. The third kappa shape index (κ3) is 1.54. The first kappa shape index (κ1) is 5.77. The molecule has 0 aliphatic carbocycles. The van der Waals surface area contributed by atoms with Gasteiger partial charge < -0.3 is 9.05 Å². The summed E-state index contributed by atoms with van der Waals surface area (Å²) in [5.41, 5.74) is 0. The highest BCUT2D eigenvalue weighted by Crippen LogP contribution is 2.25. The first-order valence-corrected chi connectivity index (χ1v) is 3.37. The molecule has 0 saturated carbocycles. The lowest BCUT2D eigenvalue weighted by atomic mass is 10.5. The maximum absolute atomic E-state index is 5.41. The summed E-state index contributed by atoms with van der Waals surface area (Å²) in [6.07, 6.45) is 0.153. The predicted molar refractivity (Wildman–Crippen MR) is 29.9 cm³/mol. The Morgan fingerprint density at radius 2 is 2.71 bits per heavy atom. The summed E-state index contributed by atoms with van der Waals surface area (Å²) in [7, 11) is 0.211. The Labute approximate surface area is 49.1 Å². The minimum Gasteiger partial charge on any atom is -0.333 e. The van der Waals surface area contributed by atoms with E-state index in [1.807, 2.05) is 0 Å². The fourth-order valence-corrected chi connectivity index (χ4v) is 1.21. The molecule has 1 fully saturated rings. The Morgan fingerprint density at radius 3 is 3.00 bits per heavy atom. The largest absolute Gasteiger partial charge is 0.333 e. The van der Waals surface area contributed by atoms with Gasteiger partial charge in [0, 0.05) is 0 Å². The van der Waals surface area contributed by atoms with Crippen molar-refractivity contribution in [1.29, 1.82) is 0 Å². The van der Waals surface area contributed by atoms with Gasteiger partial charge in [0.25, 0.3) is 0 Å². The smallest absolute Gasteiger partial charge is 0.155 e. The van der Waals surface area contributed by atoms with Crippen molar-refractivity contribution in [1.82, 2.24) is 0 Å². The molecule has 0 bridgehead atoms. The fourth-order valence-electron chi connectivity index (χ4n) is 0.339. The first-order valence-electron chi connectivity index (χ1n) is 2.02. The topological polar surface area (TPSA) is 18.5 Å². The Hall–Kier alpha value is 0.640. The molecule has 2 unspecified atom stereocenters. The third-order valence-electron chi connectivity index (χ3n) is 0.715. The van der Waals surface area contributed by atoms with Crippen LogP contribution in [0.15, 0.2) is 0 Å². The molecule has 1 aliphatic heterocycles. The molecule has 1 rings (SSSR count). The van der Waals surface area contributed by atoms with Crippen molar-refractivity contribution in [3.63, 3.8) is 0 Å². The second-order valence-electron chi connectivity index (χ2n) is 1.29. The van der Waals surface area contributed by atoms with Crippen LogP contribution in [0.3, 0.4) is 0 Å². The van der Waals surface area contributed by atoms with Gasteiger partial charge in [-0.25, -0.2) is 0 Å². The molecule has 4 heteroatoms. The van der Waals surface area contributed by atoms with E-state index >= 15 is 0 Å². The van der Waals surface area contributed by atoms with Gasteiger partial charge in [-0.15, -0.1) is 11.6 Å². The predicted octanol–water partition coefficient (Wildman–Crippen LogP) is 1.15. The first-order chi connectivity index (χ1) is 3.43. The number of halogens is 1. The highest BCUT2D eigenvalue weighted by atomic mass is 35.5. The van der Waals surface area contributed by atoms with Crippen LogP contribution in [0.2, 0.25) is 0 Å². The van der Waals surface area contributed by atoms with E-state index < -0.39 is 0 Å². The van der Waals surface area contributed by atoms with Crippen molar-refractivity contribution in [2.45, 2.75) is 6.10 Å². The zero-order chi connectivity index (χ0) is 5.11. The molecule has 1 saturated heterocycles. The van der Waals surface area contributed by atoms with Gasteiger partial charge >= 0.3 is 0 Å². The molecule has 42 valence electrons. The van der Waals surface area contributed by atoms with E-state index in [2.05, 4.69) is 0 Å². The number of hydrogen-bond donors (Lipinski definition) is 0. The van der Waals surface area contributed by atoms with Gasteiger partial charge in [0.05, 0.1) is 12.5 Å². The zero-order valence-corrected chi connectivity index (χ0v) is 5.44. The van der Waals surface area contributed by atoms with Crippen molar-refractivity contribution in [2.24, 2.45) is 0 Å². The van der Waals surface area contributed by atoms with Crippen LogP contribution >= 0.6 is 20.6 Å². The van der Waals surface area contributed by atoms with Crippen molar-refractivity contribution >= 4 is 20.6 Å². The standard InChI is InChI=1S/C3H6ClO2P/c4-1-3-2-5-7-6-3/h3,7H,1-2H2. The summed E-state index contributed by atoms with van der Waals surface area (Å²) in [5.74, 6) is 0.549. The summed E-state index contributed by atoms with van der Waals surface area (Å²) < 4.78 is 9.84. The highest BCUT2D eigenvalue weighted by molar-refractivity contribution is 7.26. The van der Waals surface area contributed by atoms with Gasteiger partial charge in [-0.2, -0.15) is 0 Å². The van der Waals surface area contributed by atoms with Crippen LogP contribution in [0.1, 0.15) is 0 Å². The van der Waals surface area contributed by atoms with E-state index in [1.165, 1.54) is 0 Å². The molecular weight excluding hydrogens is 134 g/mol. The minimum absolute atomic E-state index is 0.153. The number of alkyl halides is 1. The van der Waals surface area contributed by atoms with E-state index in [0.29, 0.717) is 12.5 Å². The van der Waals surface area contributed by atoms with Gasteiger partial charge in [0.2, 0.25) is 0 Å². The van der Waals surface area contributed by atoms with Crippen LogP contribution < -0.4 is 0 Å². The fraction of sp³-hybridized carbons (Fsp3) is 1.00. The van der Waals surface area contributed by atoms with Gasteiger partial charge in [-0.3, -0.25) is 0 Å². The average molecular weight is 141 g/mol. The van der Waals surface area contributed by atoms with Crippen molar-refractivity contribution in [3.8, 4) is 0 Å². The van der Waals surface area contributed by atoms with E-state index in [4.69, 9.17) is 20.6 Å². The molecule has 0 amide bonds. The van der Waals surface area contributed by atoms with Crippen molar-refractivity contribution in [2.75, 3.05) is 12.5 Å². The molecule has 1 aliphatic rings. The molecule has 2 atom stereocenters. The molecule has 0 aromatic heterocycles. The normalized spacial score (nSPS) is 34.7. The highest BCUT2D eigenvalue weighted by Gasteiger charge is 2.13. The van der Waals surface area contributed by atoms with Gasteiger partial charge in [-0.1, -0.05) is 0 Å². The molecule has 2 nitrogen and oxygen atoms in total. The van der Waals surface area contributed by atoms with E-state index in [0.717, 1.165) is 0 Å². The zero-order valence-electron chi connectivity index (χ0n) is 3.69. The van der Waals surface area contributed by atoms with Crippen LogP contribution in [0, 0.1) is 0 Å². The number of hydrogen-bond acceptors (Lipinski definition) is 2. The lowest BCUT2D eigenvalue weighted by Gasteiger charge is -1.95. The minimum atomic E-state index is 0.153. The Balaban J connectivity index is 2.14. The summed E-state index contributed by atoms with van der Waals surface area (Å²) in [6.45, 7) is 0.669. The summed E-state index contributed by atoms with van der Waals surface area (Å²) in [5, 5.41) is 0. The Morgan fingerprint density at radius 1 is 1.86 bits per heavy atom. The van der Waals surface area contributed by atoms with Crippen LogP contribution in [0.5, 0.6) is 0 Å². The van der Waals surface area contributed by atoms with Gasteiger partial charge in [-0.05, 0) is 0 Å². The molecule has 0 aromatic rings. The van der Waals surface area contributed by atoms with Crippen LogP contribution in [0.4, 0.5) is 0 Å². The molecular formula is C3H6ClO2P. The van der Waals surface area contributed by atoms with Crippen LogP contribution in [0.25, 0.3) is 0 Å². The van der Waals surface area contributed by atoms with Crippen LogP contribution in [-0.2, 0) is 9.05 Å². The van der Waals surface area contributed by atoms with Crippen molar-refractivity contribution in [3.05, 3.63) is 0 Å². The summed E-state index contributed by atoms with van der Waals surface area (Å²) in [4.78, 5) is 0. The third-order valence-corrected chi connectivity index (χ3v) is 1.77. The quantitative estimate of drug-likeness (QED) is 0.402. The van der Waals surface area contributed by atoms with E-state index in [-0.39, 0.29) is 15.1 Å². The summed E-state index contributed by atoms with van der Waals surface area (Å²) >= 11 is 5.41. The number of rotatable bonds is 1. The molecule has 1 heterocycles. The maximum Gasteiger partial charge on any atom is 0.155 e. The maximum atomic E-state index is 5.41. The molecule has 7 heavy (non-hydrogen) atoms. The monoisotopic (exact) mass is 140 g/mol. The molecule has 0 spiro atoms. The summed E-state index contributed by atoms with van der Waals surface area (Å²) in [6, 6.07) is 0. The average Bonchev–Trinajstić information content (AvgIpc) is 2.14. The SMILES string of the molecule is ClCC1COPO1. The van der Waals surface area contributed by atoms with Crippen LogP contribution in [-0.4, -0.2) is 18.6 Å². The van der Waals surface area contributed by atoms with E-state index in [1.54, 1.807) is 0 Å². The van der Waals surface area contributed by atoms with Gasteiger partial charge in [0.1, 0.15) is 6.10 Å².